The van der Waals surface area contributed by atoms with E-state index in [-0.39, 0.29) is 24.3 Å². The number of carbonyl (C=O) groups is 2. The smallest absolute Gasteiger partial charge is 0.311 e. The number of nitrogens with zero attached hydrogens (tertiary/aromatic N) is 3. The number of benzene rings is 1. The van der Waals surface area contributed by atoms with E-state index < -0.39 is 0 Å². The molecule has 0 aliphatic carbocycles. The minimum atomic E-state index is -0.314. The molecule has 4 rings (SSSR count). The molecule has 3 heterocycles. The maximum Gasteiger partial charge on any atom is 0.311 e. The first kappa shape index (κ1) is 19.9. The molecule has 0 radical (unpaired) electrons. The van der Waals surface area contributed by atoms with Gasteiger partial charge in [-0.2, -0.15) is 0 Å². The number of ether oxygens (including phenoxy) is 1. The summed E-state index contributed by atoms with van der Waals surface area (Å²) in [6.07, 6.45) is 2.18. The number of amides is 1. The van der Waals surface area contributed by atoms with Gasteiger partial charge in [0.05, 0.1) is 41.5 Å². The average Bonchev–Trinajstić information content (AvgIpc) is 3.41. The summed E-state index contributed by atoms with van der Waals surface area (Å²) in [7, 11) is 0. The number of anilines is 1. The van der Waals surface area contributed by atoms with E-state index in [1.165, 1.54) is 16.0 Å². The second-order valence-corrected chi connectivity index (χ2v) is 8.74. The predicted molar refractivity (Wildman–Crippen MR) is 114 cm³/mol. The molecule has 3 aromatic rings. The maximum absolute atomic E-state index is 12.6. The van der Waals surface area contributed by atoms with Gasteiger partial charge in [-0.1, -0.05) is 12.1 Å². The van der Waals surface area contributed by atoms with E-state index >= 15 is 0 Å². The molecule has 1 aliphatic rings. The van der Waals surface area contributed by atoms with Crippen LogP contribution in [0.4, 0.5) is 5.13 Å². The van der Waals surface area contributed by atoms with Crippen molar-refractivity contribution in [2.45, 2.75) is 32.2 Å². The fraction of sp³-hybridized carbons (Fsp3) is 0.400. The Morgan fingerprint density at radius 3 is 3.00 bits per heavy atom. The standard InChI is InChI=1S/C20H22N4O3S2/c1-2-27-18(26)10-13-12-28-20(21-13)23-17(25)11-24-9-5-7-15(24)19-22-14-6-3-4-8-16(14)29-19/h3-4,6,8,12,15H,2,5,7,9-11H2,1H3,(H,21,23,25). The minimum absolute atomic E-state index is 0.102. The summed E-state index contributed by atoms with van der Waals surface area (Å²) in [4.78, 5) is 35.4. The van der Waals surface area contributed by atoms with Crippen LogP contribution in [0.25, 0.3) is 10.2 Å². The van der Waals surface area contributed by atoms with Crippen LogP contribution < -0.4 is 5.32 Å². The highest BCUT2D eigenvalue weighted by Crippen LogP contribution is 2.36. The molecule has 152 valence electrons. The zero-order valence-corrected chi connectivity index (χ0v) is 17.7. The average molecular weight is 431 g/mol. The normalized spacial score (nSPS) is 16.9. The van der Waals surface area contributed by atoms with E-state index in [1.54, 1.807) is 23.6 Å². The Morgan fingerprint density at radius 1 is 1.31 bits per heavy atom. The van der Waals surface area contributed by atoms with Gasteiger partial charge in [0.25, 0.3) is 0 Å². The Bertz CT molecular complexity index is 983. The lowest BCUT2D eigenvalue weighted by molar-refractivity contribution is -0.142. The highest BCUT2D eigenvalue weighted by Gasteiger charge is 2.30. The van der Waals surface area contributed by atoms with Crippen molar-refractivity contribution in [2.75, 3.05) is 25.0 Å². The molecule has 1 aliphatic heterocycles. The number of fused-ring (bicyclic) bond motifs is 1. The van der Waals surface area contributed by atoms with Crippen LogP contribution in [0.1, 0.15) is 36.5 Å². The SMILES string of the molecule is CCOC(=O)Cc1csc(NC(=O)CN2CCCC2c2nc3ccccc3s2)n1. The molecule has 1 saturated heterocycles. The Kier molecular flexibility index (Phi) is 6.17. The van der Waals surface area contributed by atoms with E-state index in [2.05, 4.69) is 21.3 Å². The number of para-hydroxylation sites is 1. The number of likely N-dealkylation sites (tertiary alicyclic amines) is 1. The molecule has 1 aromatic carbocycles. The highest BCUT2D eigenvalue weighted by molar-refractivity contribution is 7.18. The van der Waals surface area contributed by atoms with Gasteiger partial charge in [-0.25, -0.2) is 9.97 Å². The van der Waals surface area contributed by atoms with Gasteiger partial charge in [0.2, 0.25) is 5.91 Å². The van der Waals surface area contributed by atoms with Crippen molar-refractivity contribution >= 4 is 49.9 Å². The zero-order chi connectivity index (χ0) is 20.2. The van der Waals surface area contributed by atoms with Crippen LogP contribution in [-0.2, 0) is 20.7 Å². The quantitative estimate of drug-likeness (QED) is 0.576. The molecule has 0 spiro atoms. The van der Waals surface area contributed by atoms with Crippen molar-refractivity contribution in [3.8, 4) is 0 Å². The third kappa shape index (κ3) is 4.80. The third-order valence-corrected chi connectivity index (χ3v) is 6.68. The number of hydrogen-bond acceptors (Lipinski definition) is 8. The number of rotatable bonds is 7. The summed E-state index contributed by atoms with van der Waals surface area (Å²) in [6.45, 7) is 3.29. The monoisotopic (exact) mass is 430 g/mol. The van der Waals surface area contributed by atoms with E-state index in [0.717, 1.165) is 29.9 Å². The molecule has 2 aromatic heterocycles. The van der Waals surface area contributed by atoms with E-state index in [9.17, 15) is 9.59 Å². The van der Waals surface area contributed by atoms with Crippen molar-refractivity contribution < 1.29 is 14.3 Å². The van der Waals surface area contributed by atoms with Crippen molar-refractivity contribution in [1.82, 2.24) is 14.9 Å². The van der Waals surface area contributed by atoms with Gasteiger partial charge < -0.3 is 10.1 Å². The predicted octanol–water partition coefficient (Wildman–Crippen LogP) is 3.63. The molecule has 0 saturated carbocycles. The van der Waals surface area contributed by atoms with Crippen LogP contribution in [0.2, 0.25) is 0 Å². The lowest BCUT2D eigenvalue weighted by Crippen LogP contribution is -2.32. The second kappa shape index (κ2) is 8.98. The zero-order valence-electron chi connectivity index (χ0n) is 16.1. The summed E-state index contributed by atoms with van der Waals surface area (Å²) in [5.41, 5.74) is 1.62. The van der Waals surface area contributed by atoms with Crippen LogP contribution in [0.5, 0.6) is 0 Å². The van der Waals surface area contributed by atoms with Crippen LogP contribution in [0, 0.1) is 0 Å². The molecule has 29 heavy (non-hydrogen) atoms. The Labute approximate surface area is 176 Å². The first-order valence-electron chi connectivity index (χ1n) is 9.61. The van der Waals surface area contributed by atoms with Crippen LogP contribution in [-0.4, -0.2) is 46.4 Å². The lowest BCUT2D eigenvalue weighted by Gasteiger charge is -2.21. The molecule has 7 nitrogen and oxygen atoms in total. The summed E-state index contributed by atoms with van der Waals surface area (Å²) < 4.78 is 6.10. The Morgan fingerprint density at radius 2 is 2.17 bits per heavy atom. The van der Waals surface area contributed by atoms with Crippen LogP contribution >= 0.6 is 22.7 Å². The number of thiazole rings is 2. The van der Waals surface area contributed by atoms with Gasteiger partial charge in [-0.3, -0.25) is 14.5 Å². The van der Waals surface area contributed by atoms with Crippen molar-refractivity contribution in [2.24, 2.45) is 0 Å². The van der Waals surface area contributed by atoms with Crippen molar-refractivity contribution in [3.05, 3.63) is 40.3 Å². The molecule has 1 atom stereocenters. The number of hydrogen-bond donors (Lipinski definition) is 1. The van der Waals surface area contributed by atoms with Crippen molar-refractivity contribution in [1.29, 1.82) is 0 Å². The van der Waals surface area contributed by atoms with Gasteiger partial charge in [-0.15, -0.1) is 22.7 Å². The highest BCUT2D eigenvalue weighted by atomic mass is 32.1. The minimum Gasteiger partial charge on any atom is -0.466 e. The van der Waals surface area contributed by atoms with E-state index in [1.807, 2.05) is 18.2 Å². The number of esters is 1. The first-order chi connectivity index (χ1) is 14.1. The molecule has 0 bridgehead atoms. The maximum atomic E-state index is 12.6. The second-order valence-electron chi connectivity index (χ2n) is 6.82. The lowest BCUT2D eigenvalue weighted by atomic mass is 10.2. The number of carbonyl (C=O) groups excluding carboxylic acids is 2. The summed E-state index contributed by atoms with van der Waals surface area (Å²) >= 11 is 3.02. The number of nitrogens with one attached hydrogen (secondary N) is 1. The van der Waals surface area contributed by atoms with Gasteiger partial charge in [0, 0.05) is 5.38 Å². The third-order valence-electron chi connectivity index (χ3n) is 4.73. The molecule has 9 heteroatoms. The number of aromatic nitrogens is 2. The van der Waals surface area contributed by atoms with E-state index in [0.29, 0.717) is 24.0 Å². The molecule has 1 N–H and O–H groups in total. The van der Waals surface area contributed by atoms with Crippen molar-refractivity contribution in [3.63, 3.8) is 0 Å². The summed E-state index contributed by atoms with van der Waals surface area (Å²) in [6, 6.07) is 8.30. The fourth-order valence-corrected chi connectivity index (χ4v) is 5.34. The van der Waals surface area contributed by atoms with Gasteiger partial charge in [0.15, 0.2) is 5.13 Å². The fourth-order valence-electron chi connectivity index (χ4n) is 3.48. The summed E-state index contributed by atoms with van der Waals surface area (Å²) in [5, 5.41) is 6.20. The molecule has 1 amide bonds. The van der Waals surface area contributed by atoms with Gasteiger partial charge in [-0.05, 0) is 38.4 Å². The van der Waals surface area contributed by atoms with E-state index in [4.69, 9.17) is 9.72 Å². The van der Waals surface area contributed by atoms with Gasteiger partial charge >= 0.3 is 5.97 Å². The topological polar surface area (TPSA) is 84.4 Å². The van der Waals surface area contributed by atoms with Gasteiger partial charge in [0.1, 0.15) is 5.01 Å². The molecular formula is C20H22N4O3S2. The molecular weight excluding hydrogens is 408 g/mol. The molecule has 1 unspecified atom stereocenters. The first-order valence-corrected chi connectivity index (χ1v) is 11.3. The summed E-state index contributed by atoms with van der Waals surface area (Å²) in [5.74, 6) is -0.415. The molecule has 1 fully saturated rings. The largest absolute Gasteiger partial charge is 0.466 e. The Balaban J connectivity index is 1.36. The van der Waals surface area contributed by atoms with Crippen LogP contribution in [0.3, 0.4) is 0 Å². The van der Waals surface area contributed by atoms with Crippen LogP contribution in [0.15, 0.2) is 29.6 Å². The Hall–Kier alpha value is -2.36.